The number of rotatable bonds is 7. The number of fused-ring (bicyclic) bond motifs is 3. The molecule has 1 aliphatic rings. The van der Waals surface area contributed by atoms with E-state index in [0.717, 1.165) is 27.1 Å². The highest BCUT2D eigenvalue weighted by atomic mass is 35.5. The lowest BCUT2D eigenvalue weighted by Crippen LogP contribution is -2.44. The number of nitrogens with zero attached hydrogens (tertiary/aromatic N) is 2. The predicted octanol–water partition coefficient (Wildman–Crippen LogP) is 5.25. The molecule has 0 saturated heterocycles. The van der Waals surface area contributed by atoms with E-state index in [0.29, 0.717) is 30.3 Å². The highest BCUT2D eigenvalue weighted by Crippen LogP contribution is 2.44. The lowest BCUT2D eigenvalue weighted by atomic mass is 10.0. The summed E-state index contributed by atoms with van der Waals surface area (Å²) < 4.78 is 7.68. The van der Waals surface area contributed by atoms with Gasteiger partial charge in [0, 0.05) is 47.4 Å². The molecule has 6 nitrogen and oxygen atoms in total. The first-order valence-electron chi connectivity index (χ1n) is 11.5. The molecule has 0 aliphatic carbocycles. The number of aromatic nitrogens is 1. The quantitative estimate of drug-likeness (QED) is 0.451. The van der Waals surface area contributed by atoms with Crippen molar-refractivity contribution in [2.24, 2.45) is 7.05 Å². The van der Waals surface area contributed by atoms with Gasteiger partial charge in [0.1, 0.15) is 6.04 Å². The molecule has 0 radical (unpaired) electrons. The molecule has 8 heteroatoms. The number of hydrogen-bond acceptors (Lipinski definition) is 4. The number of carbonyl (C=O) groups is 2. The summed E-state index contributed by atoms with van der Waals surface area (Å²) in [7, 11) is 1.98. The molecule has 0 bridgehead atoms. The first-order valence-corrected chi connectivity index (χ1v) is 12.8. The number of carbonyl (C=O) groups excluding carboxylic acids is 2. The van der Waals surface area contributed by atoms with Gasteiger partial charge in [0.05, 0.1) is 16.9 Å². The molecule has 3 aromatic rings. The summed E-state index contributed by atoms with van der Waals surface area (Å²) in [6.07, 6.45) is 0.838. The third kappa shape index (κ3) is 4.69. The maximum absolute atomic E-state index is 13.8. The SMILES string of the molecule is Cc1c(Cl)cccc1N1C(=O)CSc2c(c3ccccc3n2C)[C@H]1C(=O)NCCCOC(C)C. The summed E-state index contributed by atoms with van der Waals surface area (Å²) in [4.78, 5) is 28.9. The minimum Gasteiger partial charge on any atom is -0.379 e. The number of para-hydroxylation sites is 1. The Labute approximate surface area is 209 Å². The van der Waals surface area contributed by atoms with Crippen LogP contribution in [0.15, 0.2) is 47.5 Å². The van der Waals surface area contributed by atoms with Crippen molar-refractivity contribution in [3.05, 3.63) is 58.6 Å². The third-order valence-corrected chi connectivity index (χ3v) is 7.61. The van der Waals surface area contributed by atoms with Crippen molar-refractivity contribution in [1.29, 1.82) is 0 Å². The first-order chi connectivity index (χ1) is 16.3. The second-order valence-corrected chi connectivity index (χ2v) is 10.1. The number of halogens is 1. The number of nitrogens with one attached hydrogen (secondary N) is 1. The van der Waals surface area contributed by atoms with Gasteiger partial charge in [0.25, 0.3) is 0 Å². The van der Waals surface area contributed by atoms with Crippen LogP contribution in [0.5, 0.6) is 0 Å². The molecule has 1 aromatic heterocycles. The van der Waals surface area contributed by atoms with Crippen molar-refractivity contribution in [2.45, 2.75) is 44.4 Å². The highest BCUT2D eigenvalue weighted by molar-refractivity contribution is 8.00. The van der Waals surface area contributed by atoms with Crippen LogP contribution in [-0.4, -0.2) is 41.4 Å². The number of ether oxygens (including phenoxy) is 1. The van der Waals surface area contributed by atoms with Crippen LogP contribution in [0.25, 0.3) is 10.9 Å². The Morgan fingerprint density at radius 2 is 2.00 bits per heavy atom. The van der Waals surface area contributed by atoms with E-state index in [1.165, 1.54) is 11.8 Å². The summed E-state index contributed by atoms with van der Waals surface area (Å²) >= 11 is 7.90. The van der Waals surface area contributed by atoms with Crippen LogP contribution in [0, 0.1) is 6.92 Å². The molecule has 180 valence electrons. The zero-order valence-electron chi connectivity index (χ0n) is 19.9. The third-order valence-electron chi connectivity index (χ3n) is 6.04. The normalized spacial score (nSPS) is 16.1. The number of aryl methyl sites for hydroxylation is 1. The second kappa shape index (κ2) is 10.4. The van der Waals surface area contributed by atoms with Crippen molar-refractivity contribution < 1.29 is 14.3 Å². The van der Waals surface area contributed by atoms with E-state index in [-0.39, 0.29) is 23.7 Å². The van der Waals surface area contributed by atoms with Gasteiger partial charge in [-0.3, -0.25) is 14.5 Å². The van der Waals surface area contributed by atoms with Gasteiger partial charge in [-0.05, 0) is 51.0 Å². The second-order valence-electron chi connectivity index (χ2n) is 8.70. The van der Waals surface area contributed by atoms with E-state index >= 15 is 0 Å². The van der Waals surface area contributed by atoms with Gasteiger partial charge in [-0.25, -0.2) is 0 Å². The minimum absolute atomic E-state index is 0.126. The van der Waals surface area contributed by atoms with Crippen LogP contribution >= 0.6 is 23.4 Å². The fourth-order valence-electron chi connectivity index (χ4n) is 4.39. The Hall–Kier alpha value is -2.48. The molecule has 1 atom stereocenters. The minimum atomic E-state index is -0.813. The summed E-state index contributed by atoms with van der Waals surface area (Å²) in [6.45, 7) is 6.88. The van der Waals surface area contributed by atoms with E-state index < -0.39 is 6.04 Å². The fraction of sp³-hybridized carbons (Fsp3) is 0.385. The van der Waals surface area contributed by atoms with E-state index in [4.69, 9.17) is 16.3 Å². The molecular weight excluding hydrogens is 470 g/mol. The van der Waals surface area contributed by atoms with E-state index in [2.05, 4.69) is 9.88 Å². The maximum Gasteiger partial charge on any atom is 0.247 e. The summed E-state index contributed by atoms with van der Waals surface area (Å²) in [5.41, 5.74) is 3.31. The maximum atomic E-state index is 13.8. The number of benzene rings is 2. The average Bonchev–Trinajstić information content (AvgIpc) is 2.98. The van der Waals surface area contributed by atoms with Crippen molar-refractivity contribution in [3.63, 3.8) is 0 Å². The molecule has 0 saturated carbocycles. The topological polar surface area (TPSA) is 63.6 Å². The van der Waals surface area contributed by atoms with Gasteiger partial charge in [-0.15, -0.1) is 0 Å². The molecule has 2 amide bonds. The van der Waals surface area contributed by atoms with Crippen molar-refractivity contribution in [1.82, 2.24) is 9.88 Å². The van der Waals surface area contributed by atoms with Crippen LogP contribution in [0.3, 0.4) is 0 Å². The first kappa shape index (κ1) is 24.6. The molecule has 2 heterocycles. The number of amides is 2. The van der Waals surface area contributed by atoms with Gasteiger partial charge >= 0.3 is 0 Å². The monoisotopic (exact) mass is 499 g/mol. The average molecular weight is 500 g/mol. The van der Waals surface area contributed by atoms with Crippen LogP contribution in [-0.2, 0) is 21.4 Å². The Morgan fingerprint density at radius 3 is 2.76 bits per heavy atom. The van der Waals surface area contributed by atoms with Gasteiger partial charge in [0.15, 0.2) is 0 Å². The molecule has 4 rings (SSSR count). The fourth-order valence-corrected chi connectivity index (χ4v) is 5.63. The lowest BCUT2D eigenvalue weighted by molar-refractivity contribution is -0.125. The van der Waals surface area contributed by atoms with E-state index in [1.807, 2.05) is 64.2 Å². The van der Waals surface area contributed by atoms with Gasteiger partial charge in [-0.2, -0.15) is 0 Å². The number of thioether (sulfide) groups is 1. The van der Waals surface area contributed by atoms with Crippen LogP contribution in [0.4, 0.5) is 5.69 Å². The van der Waals surface area contributed by atoms with Crippen molar-refractivity contribution >= 4 is 51.8 Å². The van der Waals surface area contributed by atoms with E-state index in [9.17, 15) is 9.59 Å². The molecule has 0 unspecified atom stereocenters. The number of hydrogen-bond donors (Lipinski definition) is 1. The summed E-state index contributed by atoms with van der Waals surface area (Å²) in [5, 5.41) is 5.52. The van der Waals surface area contributed by atoms with Crippen LogP contribution in [0.2, 0.25) is 5.02 Å². The van der Waals surface area contributed by atoms with Crippen molar-refractivity contribution in [2.75, 3.05) is 23.8 Å². The van der Waals surface area contributed by atoms with Crippen LogP contribution < -0.4 is 10.2 Å². The van der Waals surface area contributed by atoms with Crippen LogP contribution in [0.1, 0.15) is 37.4 Å². The largest absolute Gasteiger partial charge is 0.379 e. The number of anilines is 1. The molecule has 2 aromatic carbocycles. The Morgan fingerprint density at radius 1 is 1.24 bits per heavy atom. The molecule has 34 heavy (non-hydrogen) atoms. The zero-order valence-corrected chi connectivity index (χ0v) is 21.5. The molecular formula is C26H30ClN3O3S. The standard InChI is InChI=1S/C26H30ClN3O3S/c1-16(2)33-14-8-13-28-25(32)24-23-18-9-5-6-11-21(18)29(4)26(23)34-15-22(31)30(24)20-12-7-10-19(27)17(20)3/h5-7,9-12,16,24H,8,13-15H2,1-4H3,(H,28,32)/t24-/m0/s1. The predicted molar refractivity (Wildman–Crippen MR) is 139 cm³/mol. The Balaban J connectivity index is 1.80. The Kier molecular flexibility index (Phi) is 7.55. The molecule has 0 fully saturated rings. The highest BCUT2D eigenvalue weighted by Gasteiger charge is 2.40. The van der Waals surface area contributed by atoms with Gasteiger partial charge < -0.3 is 14.6 Å². The molecule has 0 spiro atoms. The smallest absolute Gasteiger partial charge is 0.247 e. The zero-order chi connectivity index (χ0) is 24.4. The molecule has 1 aliphatic heterocycles. The van der Waals surface area contributed by atoms with Gasteiger partial charge in [0.2, 0.25) is 11.8 Å². The summed E-state index contributed by atoms with van der Waals surface area (Å²) in [5.74, 6) is -0.105. The van der Waals surface area contributed by atoms with Gasteiger partial charge in [-0.1, -0.05) is 47.6 Å². The Bertz CT molecular complexity index is 1220. The summed E-state index contributed by atoms with van der Waals surface area (Å²) in [6, 6.07) is 12.7. The lowest BCUT2D eigenvalue weighted by Gasteiger charge is -2.31. The van der Waals surface area contributed by atoms with Crippen molar-refractivity contribution in [3.8, 4) is 0 Å². The molecule has 1 N–H and O–H groups in total. The van der Waals surface area contributed by atoms with E-state index in [1.54, 1.807) is 11.0 Å².